The lowest BCUT2D eigenvalue weighted by atomic mass is 10.1. The van der Waals surface area contributed by atoms with Crippen molar-refractivity contribution in [3.8, 4) is 0 Å². The van der Waals surface area contributed by atoms with Crippen molar-refractivity contribution in [3.05, 3.63) is 45.9 Å². The Kier molecular flexibility index (Phi) is 6.24. The number of carboxylic acid groups (broad SMARTS) is 1. The van der Waals surface area contributed by atoms with E-state index in [1.807, 2.05) is 13.8 Å². The molecule has 1 aromatic heterocycles. The fourth-order valence-corrected chi connectivity index (χ4v) is 2.80. The van der Waals surface area contributed by atoms with E-state index in [4.69, 9.17) is 5.11 Å². The first-order chi connectivity index (χ1) is 11.8. The van der Waals surface area contributed by atoms with E-state index in [9.17, 15) is 14.4 Å². The highest BCUT2D eigenvalue weighted by Crippen LogP contribution is 2.22. The number of nitrogens with one attached hydrogen (secondary N) is 2. The summed E-state index contributed by atoms with van der Waals surface area (Å²) < 4.78 is 0. The molecular formula is C17H19N3O4S. The number of amides is 2. The van der Waals surface area contributed by atoms with E-state index >= 15 is 0 Å². The van der Waals surface area contributed by atoms with Crippen molar-refractivity contribution in [3.63, 3.8) is 0 Å². The highest BCUT2D eigenvalue weighted by molar-refractivity contribution is 7.13. The van der Waals surface area contributed by atoms with Crippen molar-refractivity contribution >= 4 is 34.8 Å². The number of anilines is 1. The molecule has 0 aliphatic rings. The van der Waals surface area contributed by atoms with Crippen LogP contribution in [0.5, 0.6) is 0 Å². The molecule has 0 atom stereocenters. The smallest absolute Gasteiger partial charge is 0.322 e. The Morgan fingerprint density at radius 3 is 2.44 bits per heavy atom. The molecule has 2 rings (SSSR count). The number of carboxylic acids is 1. The van der Waals surface area contributed by atoms with Gasteiger partial charge in [0.1, 0.15) is 11.4 Å². The highest BCUT2D eigenvalue weighted by Gasteiger charge is 2.13. The van der Waals surface area contributed by atoms with Gasteiger partial charge in [0.05, 0.1) is 17.6 Å². The van der Waals surface area contributed by atoms with Gasteiger partial charge in [-0.15, -0.1) is 11.3 Å². The minimum atomic E-state index is -1.09. The van der Waals surface area contributed by atoms with Crippen LogP contribution in [0.3, 0.4) is 0 Å². The van der Waals surface area contributed by atoms with Gasteiger partial charge in [-0.25, -0.2) is 4.98 Å². The number of benzene rings is 1. The van der Waals surface area contributed by atoms with Crippen LogP contribution in [0, 0.1) is 0 Å². The Hall–Kier alpha value is -2.74. The molecule has 0 spiro atoms. The van der Waals surface area contributed by atoms with Crippen LogP contribution in [0.25, 0.3) is 0 Å². The number of nitrogens with zero attached hydrogens (tertiary/aromatic N) is 1. The zero-order chi connectivity index (χ0) is 18.4. The lowest BCUT2D eigenvalue weighted by molar-refractivity contribution is -0.137. The van der Waals surface area contributed by atoms with Crippen LogP contribution in [0.2, 0.25) is 0 Å². The summed E-state index contributed by atoms with van der Waals surface area (Å²) in [6.07, 6.45) is 1.64. The topological polar surface area (TPSA) is 108 Å². The van der Waals surface area contributed by atoms with Gasteiger partial charge in [0.2, 0.25) is 5.91 Å². The number of hydrogen-bond acceptors (Lipinski definition) is 5. The second-order valence-electron chi connectivity index (χ2n) is 5.72. The average Bonchev–Trinajstić information content (AvgIpc) is 3.05. The minimum Gasteiger partial charge on any atom is -0.480 e. The summed E-state index contributed by atoms with van der Waals surface area (Å²) in [4.78, 5) is 38.9. The average molecular weight is 361 g/mol. The summed E-state index contributed by atoms with van der Waals surface area (Å²) in [5.41, 5.74) is 1.33. The van der Waals surface area contributed by atoms with Crippen molar-refractivity contribution in [2.45, 2.75) is 26.2 Å². The Balaban J connectivity index is 1.92. The zero-order valence-corrected chi connectivity index (χ0v) is 14.7. The first-order valence-electron chi connectivity index (χ1n) is 7.69. The molecule has 1 heterocycles. The third kappa shape index (κ3) is 5.68. The van der Waals surface area contributed by atoms with Gasteiger partial charge in [0.15, 0.2) is 0 Å². The lowest BCUT2D eigenvalue weighted by Gasteiger charge is -2.06. The number of carbonyl (C=O) groups is 3. The van der Waals surface area contributed by atoms with Crippen molar-refractivity contribution in [1.29, 1.82) is 0 Å². The highest BCUT2D eigenvalue weighted by atomic mass is 32.1. The maximum Gasteiger partial charge on any atom is 0.322 e. The van der Waals surface area contributed by atoms with Gasteiger partial charge in [-0.2, -0.15) is 0 Å². The third-order valence-electron chi connectivity index (χ3n) is 3.25. The molecule has 0 saturated carbocycles. The molecule has 2 aromatic rings. The van der Waals surface area contributed by atoms with Gasteiger partial charge in [0, 0.05) is 11.6 Å². The Morgan fingerprint density at radius 2 is 1.88 bits per heavy atom. The van der Waals surface area contributed by atoms with Gasteiger partial charge in [-0.1, -0.05) is 26.0 Å². The number of thiazole rings is 1. The second kappa shape index (κ2) is 8.39. The standard InChI is InChI=1S/C17H19N3O4S/c1-10(2)17-19-8-13(25-17)16(24)20-12-5-3-11(4-6-12)7-14(21)18-9-15(22)23/h3-6,8,10H,7,9H2,1-2H3,(H,18,21)(H,20,24)(H,22,23). The molecule has 3 N–H and O–H groups in total. The van der Waals surface area contributed by atoms with E-state index in [0.29, 0.717) is 10.6 Å². The van der Waals surface area contributed by atoms with Gasteiger partial charge >= 0.3 is 5.97 Å². The van der Waals surface area contributed by atoms with E-state index in [2.05, 4.69) is 15.6 Å². The van der Waals surface area contributed by atoms with Crippen LogP contribution in [0.1, 0.15) is 40.0 Å². The van der Waals surface area contributed by atoms with Gasteiger partial charge in [0.25, 0.3) is 5.91 Å². The number of carbonyl (C=O) groups excluding carboxylic acids is 2. The number of aromatic nitrogens is 1. The van der Waals surface area contributed by atoms with Crippen molar-refractivity contribution in [2.24, 2.45) is 0 Å². The van der Waals surface area contributed by atoms with Crippen molar-refractivity contribution in [2.75, 3.05) is 11.9 Å². The molecule has 0 aliphatic carbocycles. The minimum absolute atomic E-state index is 0.0775. The second-order valence-corrected chi connectivity index (χ2v) is 6.78. The first-order valence-corrected chi connectivity index (χ1v) is 8.51. The summed E-state index contributed by atoms with van der Waals surface area (Å²) in [6, 6.07) is 6.81. The Morgan fingerprint density at radius 1 is 1.20 bits per heavy atom. The van der Waals surface area contributed by atoms with Crippen LogP contribution >= 0.6 is 11.3 Å². The SMILES string of the molecule is CC(C)c1ncc(C(=O)Nc2ccc(CC(=O)NCC(=O)O)cc2)s1. The largest absolute Gasteiger partial charge is 0.480 e. The van der Waals surface area contributed by atoms with Gasteiger partial charge in [-0.3, -0.25) is 14.4 Å². The summed E-state index contributed by atoms with van der Waals surface area (Å²) in [7, 11) is 0. The molecule has 0 saturated heterocycles. The van der Waals surface area contributed by atoms with E-state index in [0.717, 1.165) is 10.6 Å². The van der Waals surface area contributed by atoms with Crippen molar-refractivity contribution in [1.82, 2.24) is 10.3 Å². The van der Waals surface area contributed by atoms with E-state index < -0.39 is 12.5 Å². The molecular weight excluding hydrogens is 342 g/mol. The normalized spacial score (nSPS) is 10.5. The molecule has 25 heavy (non-hydrogen) atoms. The zero-order valence-electron chi connectivity index (χ0n) is 13.9. The third-order valence-corrected chi connectivity index (χ3v) is 4.55. The summed E-state index contributed by atoms with van der Waals surface area (Å²) >= 11 is 1.36. The quantitative estimate of drug-likeness (QED) is 0.701. The van der Waals surface area contributed by atoms with E-state index in [1.54, 1.807) is 30.5 Å². The molecule has 0 unspecified atom stereocenters. The summed E-state index contributed by atoms with van der Waals surface area (Å²) in [6.45, 7) is 3.64. The fraction of sp³-hybridized carbons (Fsp3) is 0.294. The Labute approximate surface area is 149 Å². The van der Waals surface area contributed by atoms with Gasteiger partial charge in [-0.05, 0) is 17.7 Å². The molecule has 8 heteroatoms. The molecule has 0 fully saturated rings. The maximum absolute atomic E-state index is 12.2. The summed E-state index contributed by atoms with van der Waals surface area (Å²) in [5, 5.41) is 14.5. The summed E-state index contributed by atoms with van der Waals surface area (Å²) in [5.74, 6) is -1.41. The first kappa shape index (κ1) is 18.6. The lowest BCUT2D eigenvalue weighted by Crippen LogP contribution is -2.30. The van der Waals surface area contributed by atoms with Crippen LogP contribution in [-0.2, 0) is 16.0 Å². The van der Waals surface area contributed by atoms with E-state index in [-0.39, 0.29) is 24.2 Å². The molecule has 2 amide bonds. The van der Waals surface area contributed by atoms with E-state index in [1.165, 1.54) is 11.3 Å². The van der Waals surface area contributed by atoms with Gasteiger partial charge < -0.3 is 15.7 Å². The van der Waals surface area contributed by atoms with Crippen LogP contribution in [-0.4, -0.2) is 34.4 Å². The van der Waals surface area contributed by atoms with Crippen molar-refractivity contribution < 1.29 is 19.5 Å². The number of aliphatic carboxylic acids is 1. The maximum atomic E-state index is 12.2. The molecule has 0 aliphatic heterocycles. The number of rotatable bonds is 7. The predicted octanol–water partition coefficient (Wildman–Crippen LogP) is 2.26. The van der Waals surface area contributed by atoms with Crippen LogP contribution < -0.4 is 10.6 Å². The molecule has 0 radical (unpaired) electrons. The monoisotopic (exact) mass is 361 g/mol. The number of hydrogen-bond donors (Lipinski definition) is 3. The Bertz CT molecular complexity index is 768. The van der Waals surface area contributed by atoms with Crippen LogP contribution in [0.4, 0.5) is 5.69 Å². The fourth-order valence-electron chi connectivity index (χ4n) is 1.98. The van der Waals surface area contributed by atoms with Crippen LogP contribution in [0.15, 0.2) is 30.5 Å². The molecule has 1 aromatic carbocycles. The molecule has 0 bridgehead atoms. The molecule has 7 nitrogen and oxygen atoms in total. The predicted molar refractivity (Wildman–Crippen MR) is 94.9 cm³/mol. The molecule has 132 valence electrons.